The lowest BCUT2D eigenvalue weighted by Gasteiger charge is -2.30. The van der Waals surface area contributed by atoms with Crippen molar-refractivity contribution in [1.82, 2.24) is 0 Å². The van der Waals surface area contributed by atoms with Crippen molar-refractivity contribution in [2.45, 2.75) is 77.0 Å². The molecule has 2 aromatic carbocycles. The minimum absolute atomic E-state index is 0.267. The van der Waals surface area contributed by atoms with Gasteiger partial charge < -0.3 is 4.90 Å². The van der Waals surface area contributed by atoms with Gasteiger partial charge in [0, 0.05) is 26.0 Å². The summed E-state index contributed by atoms with van der Waals surface area (Å²) in [5, 5.41) is 2.69. The van der Waals surface area contributed by atoms with Crippen molar-refractivity contribution in [2.24, 2.45) is 5.41 Å². The number of fused-ring (bicyclic) bond motifs is 2. The van der Waals surface area contributed by atoms with Crippen molar-refractivity contribution in [3.63, 3.8) is 0 Å². The highest BCUT2D eigenvalue weighted by Crippen LogP contribution is 2.46. The van der Waals surface area contributed by atoms with Gasteiger partial charge in [-0.1, -0.05) is 81.4 Å². The molecule has 37 heavy (non-hydrogen) atoms. The molecule has 0 N–H and O–H groups in total. The van der Waals surface area contributed by atoms with Gasteiger partial charge in [0.15, 0.2) is 0 Å². The normalized spacial score (nSPS) is 20.3. The topological polar surface area (TPSA) is 3.24 Å². The van der Waals surface area contributed by atoms with E-state index in [1.807, 2.05) is 29.2 Å². The molecule has 2 aliphatic rings. The highest BCUT2D eigenvalue weighted by atomic mass is 35.5. The lowest BCUT2D eigenvalue weighted by Crippen LogP contribution is -2.29. The maximum Gasteiger partial charge on any atom is 0.0832 e. The molecule has 2 heterocycles. The van der Waals surface area contributed by atoms with Crippen LogP contribution in [0.25, 0.3) is 16.2 Å². The highest BCUT2D eigenvalue weighted by Gasteiger charge is 2.29. The van der Waals surface area contributed by atoms with E-state index >= 15 is 0 Å². The van der Waals surface area contributed by atoms with E-state index in [-0.39, 0.29) is 5.41 Å². The second-order valence-electron chi connectivity index (χ2n) is 11.3. The highest BCUT2D eigenvalue weighted by molar-refractivity contribution is 8.00. The summed E-state index contributed by atoms with van der Waals surface area (Å²) in [5.41, 5.74) is 7.30. The largest absolute Gasteiger partial charge is 0.358 e. The van der Waals surface area contributed by atoms with Crippen LogP contribution in [0.2, 0.25) is 5.02 Å². The van der Waals surface area contributed by atoms with Gasteiger partial charge in [-0.2, -0.15) is 0 Å². The number of hydrogen-bond acceptors (Lipinski definition) is 3. The Kier molecular flexibility index (Phi) is 7.96. The third-order valence-electron chi connectivity index (χ3n) is 7.36. The number of anilines is 1. The van der Waals surface area contributed by atoms with Crippen LogP contribution in [0.1, 0.15) is 69.4 Å². The predicted octanol–water partition coefficient (Wildman–Crippen LogP) is 10.9. The summed E-state index contributed by atoms with van der Waals surface area (Å²) >= 11 is 10.3. The van der Waals surface area contributed by atoms with Crippen LogP contribution in [0, 0.1) is 12.3 Å². The van der Waals surface area contributed by atoms with Crippen LogP contribution in [-0.4, -0.2) is 11.9 Å². The first-order valence-corrected chi connectivity index (χ1v) is 15.7. The number of thioether (sulfide) groups is 1. The maximum absolute atomic E-state index is 6.33. The number of hydrogen-bond donors (Lipinski definition) is 0. The smallest absolute Gasteiger partial charge is 0.0832 e. The van der Waals surface area contributed by atoms with Gasteiger partial charge in [-0.05, 0) is 102 Å². The molecule has 0 amide bonds. The number of aryl methyl sites for hydroxylation is 2. The molecule has 0 spiro atoms. The molecule has 0 bridgehead atoms. The van der Waals surface area contributed by atoms with Crippen LogP contribution in [0.3, 0.4) is 0 Å². The fourth-order valence-electron chi connectivity index (χ4n) is 5.83. The maximum atomic E-state index is 6.33. The zero-order chi connectivity index (χ0) is 26.2. The summed E-state index contributed by atoms with van der Waals surface area (Å²) in [5.74, 6) is 0. The SMILES string of the molecule is CCCN1c2cc(Cl)ccc2SC1C/C=C/C1=CC(=Cc2sc3cc(C)ccc3c2CC)CC(C)(C)C1. The number of allylic oxidation sites excluding steroid dienone is 4. The number of halogens is 1. The lowest BCUT2D eigenvalue weighted by molar-refractivity contribution is 0.356. The van der Waals surface area contributed by atoms with Crippen LogP contribution in [0.5, 0.6) is 0 Å². The molecule has 194 valence electrons. The quantitative estimate of drug-likeness (QED) is 0.289. The molecule has 0 saturated carbocycles. The van der Waals surface area contributed by atoms with Crippen LogP contribution in [-0.2, 0) is 6.42 Å². The molecule has 1 aliphatic carbocycles. The van der Waals surface area contributed by atoms with Crippen molar-refractivity contribution in [2.75, 3.05) is 11.4 Å². The first-order chi connectivity index (χ1) is 17.8. The van der Waals surface area contributed by atoms with Gasteiger partial charge >= 0.3 is 0 Å². The van der Waals surface area contributed by atoms with E-state index in [0.29, 0.717) is 5.37 Å². The summed E-state index contributed by atoms with van der Waals surface area (Å²) in [6, 6.07) is 13.2. The van der Waals surface area contributed by atoms with E-state index in [1.165, 1.54) is 47.8 Å². The number of thiophene rings is 1. The molecule has 1 aliphatic heterocycles. The summed E-state index contributed by atoms with van der Waals surface area (Å²) in [6.45, 7) is 12.6. The van der Waals surface area contributed by atoms with Gasteiger partial charge in [0.25, 0.3) is 0 Å². The zero-order valence-corrected chi connectivity index (χ0v) is 25.1. The van der Waals surface area contributed by atoms with Gasteiger partial charge in [0.1, 0.15) is 0 Å². The minimum Gasteiger partial charge on any atom is -0.358 e. The lowest BCUT2D eigenvalue weighted by atomic mass is 9.75. The fourth-order valence-corrected chi connectivity index (χ4v) is 8.66. The Labute approximate surface area is 236 Å². The predicted molar refractivity (Wildman–Crippen MR) is 168 cm³/mol. The molecule has 4 heteroatoms. The Balaban J connectivity index is 1.38. The zero-order valence-electron chi connectivity index (χ0n) is 22.7. The monoisotopic (exact) mass is 547 g/mol. The van der Waals surface area contributed by atoms with Crippen LogP contribution in [0.15, 0.2) is 70.7 Å². The van der Waals surface area contributed by atoms with E-state index in [4.69, 9.17) is 11.6 Å². The second kappa shape index (κ2) is 11.0. The van der Waals surface area contributed by atoms with Gasteiger partial charge in [-0.25, -0.2) is 0 Å². The third kappa shape index (κ3) is 5.90. The summed E-state index contributed by atoms with van der Waals surface area (Å²) < 4.78 is 1.41. The van der Waals surface area contributed by atoms with Crippen LogP contribution in [0.4, 0.5) is 5.69 Å². The average Bonchev–Trinajstić information content (AvgIpc) is 3.34. The van der Waals surface area contributed by atoms with Gasteiger partial charge in [0.05, 0.1) is 11.1 Å². The molecule has 0 fully saturated rings. The Morgan fingerprint density at radius 3 is 2.73 bits per heavy atom. The Hall–Kier alpha value is -1.94. The minimum atomic E-state index is 0.267. The summed E-state index contributed by atoms with van der Waals surface area (Å²) in [4.78, 5) is 5.32. The van der Waals surface area contributed by atoms with Gasteiger partial charge in [-0.15, -0.1) is 11.3 Å². The molecule has 0 saturated heterocycles. The molecule has 1 atom stereocenters. The van der Waals surface area contributed by atoms with E-state index in [9.17, 15) is 0 Å². The molecule has 5 rings (SSSR count). The Morgan fingerprint density at radius 2 is 1.95 bits per heavy atom. The van der Waals surface area contributed by atoms with Crippen molar-refractivity contribution >= 4 is 56.5 Å². The molecular formula is C33H38ClNS2. The third-order valence-corrected chi connectivity index (χ3v) is 10.1. The van der Waals surface area contributed by atoms with E-state index in [1.54, 1.807) is 0 Å². The molecule has 1 unspecified atom stereocenters. The molecular weight excluding hydrogens is 510 g/mol. The first-order valence-electron chi connectivity index (χ1n) is 13.6. The summed E-state index contributed by atoms with van der Waals surface area (Å²) in [6.07, 6.45) is 15.2. The number of nitrogens with zero attached hydrogens (tertiary/aromatic N) is 1. The first kappa shape index (κ1) is 26.7. The number of benzene rings is 2. The average molecular weight is 548 g/mol. The van der Waals surface area contributed by atoms with Gasteiger partial charge in [-0.3, -0.25) is 0 Å². The molecule has 1 nitrogen and oxygen atoms in total. The fraction of sp³-hybridized carbons (Fsp3) is 0.394. The van der Waals surface area contributed by atoms with E-state index < -0.39 is 0 Å². The van der Waals surface area contributed by atoms with Crippen LogP contribution < -0.4 is 4.90 Å². The molecule has 0 radical (unpaired) electrons. The van der Waals surface area contributed by atoms with E-state index in [0.717, 1.165) is 43.7 Å². The van der Waals surface area contributed by atoms with Crippen molar-refractivity contribution in [1.29, 1.82) is 0 Å². The Bertz CT molecular complexity index is 1390. The van der Waals surface area contributed by atoms with Crippen molar-refractivity contribution < 1.29 is 0 Å². The molecule has 3 aromatic rings. The second-order valence-corrected chi connectivity index (χ2v) is 14.0. The van der Waals surface area contributed by atoms with Gasteiger partial charge in [0.2, 0.25) is 0 Å². The van der Waals surface area contributed by atoms with Crippen LogP contribution >= 0.6 is 34.7 Å². The molecule has 1 aromatic heterocycles. The number of rotatable bonds is 7. The van der Waals surface area contributed by atoms with Crippen molar-refractivity contribution in [3.05, 3.63) is 86.8 Å². The Morgan fingerprint density at radius 1 is 1.11 bits per heavy atom. The van der Waals surface area contributed by atoms with E-state index in [2.05, 4.69) is 94.2 Å². The standard InChI is InChI=1S/C33H38ClNS2/c1-6-15-35-28-19-25(34)12-14-29(28)37-32(35)10-8-9-23-17-24(21-33(4,5)20-23)18-31-26(7-2)27-13-11-22(3)16-30(27)36-31/h8-9,11-14,16-19,32H,6-7,10,15,20-21H2,1-5H3/b9-8+,24-18?. The van der Waals surface area contributed by atoms with Crippen molar-refractivity contribution in [3.8, 4) is 0 Å². The summed E-state index contributed by atoms with van der Waals surface area (Å²) in [7, 11) is 0.